The zero-order valence-corrected chi connectivity index (χ0v) is 18.4. The van der Waals surface area contributed by atoms with Crippen LogP contribution in [0.5, 0.6) is 0 Å². The van der Waals surface area contributed by atoms with E-state index in [1.807, 2.05) is 0 Å². The number of hydrogen-bond acceptors (Lipinski definition) is 6. The van der Waals surface area contributed by atoms with E-state index in [1.165, 1.54) is 29.2 Å². The van der Waals surface area contributed by atoms with Crippen LogP contribution in [0.15, 0.2) is 41.6 Å². The number of aromatic nitrogens is 4. The summed E-state index contributed by atoms with van der Waals surface area (Å²) in [6.45, 7) is 5.12. The Kier molecular flexibility index (Phi) is 7.69. The summed E-state index contributed by atoms with van der Waals surface area (Å²) in [5.41, 5.74) is 0.770. The Morgan fingerprint density at radius 2 is 2.00 bits per heavy atom. The molecule has 0 bridgehead atoms. The summed E-state index contributed by atoms with van der Waals surface area (Å²) >= 11 is 0. The van der Waals surface area contributed by atoms with Crippen LogP contribution in [0.25, 0.3) is 11.0 Å². The summed E-state index contributed by atoms with van der Waals surface area (Å²) in [4.78, 5) is 40.1. The lowest BCUT2D eigenvalue weighted by Gasteiger charge is -2.15. The summed E-state index contributed by atoms with van der Waals surface area (Å²) < 4.78 is 3.00. The molecule has 2 heterocycles. The minimum atomic E-state index is -0.469. The van der Waals surface area contributed by atoms with E-state index < -0.39 is 4.92 Å². The molecule has 0 aliphatic carbocycles. The molecule has 10 heteroatoms. The fourth-order valence-electron chi connectivity index (χ4n) is 3.77. The predicted molar refractivity (Wildman–Crippen MR) is 120 cm³/mol. The molecule has 10 nitrogen and oxygen atoms in total. The first kappa shape index (κ1) is 23.1. The van der Waals surface area contributed by atoms with Crippen molar-refractivity contribution in [3.63, 3.8) is 0 Å². The minimum absolute atomic E-state index is 0.0264. The van der Waals surface area contributed by atoms with Gasteiger partial charge in [0.2, 0.25) is 5.91 Å². The number of carbonyl (C=O) groups is 1. The van der Waals surface area contributed by atoms with E-state index >= 15 is 0 Å². The first-order valence-electron chi connectivity index (χ1n) is 10.9. The van der Waals surface area contributed by atoms with Crippen molar-refractivity contribution in [2.24, 2.45) is 5.92 Å². The maximum Gasteiger partial charge on any atom is 0.269 e. The normalized spacial score (nSPS) is 11.2. The van der Waals surface area contributed by atoms with E-state index in [4.69, 9.17) is 0 Å². The number of nitrogens with zero attached hydrogens (tertiary/aromatic N) is 5. The maximum atomic E-state index is 12.8. The number of nitrogens with one attached hydrogen (secondary N) is 1. The second-order valence-electron chi connectivity index (χ2n) is 7.77. The van der Waals surface area contributed by atoms with E-state index in [0.717, 1.165) is 25.7 Å². The molecule has 3 aromatic rings. The highest BCUT2D eigenvalue weighted by molar-refractivity contribution is 5.78. The van der Waals surface area contributed by atoms with Crippen molar-refractivity contribution < 1.29 is 9.72 Å². The largest absolute Gasteiger partial charge is 0.354 e. The zero-order valence-electron chi connectivity index (χ0n) is 18.4. The smallest absolute Gasteiger partial charge is 0.269 e. The topological polar surface area (TPSA) is 125 Å². The molecule has 1 N–H and O–H groups in total. The summed E-state index contributed by atoms with van der Waals surface area (Å²) in [6.07, 6.45) is 6.56. The van der Waals surface area contributed by atoms with Crippen molar-refractivity contribution in [3.8, 4) is 0 Å². The zero-order chi connectivity index (χ0) is 23.1. The fraction of sp³-hybridized carbons (Fsp3) is 0.455. The van der Waals surface area contributed by atoms with Crippen molar-refractivity contribution >= 4 is 22.6 Å². The van der Waals surface area contributed by atoms with Crippen molar-refractivity contribution in [2.75, 3.05) is 6.54 Å². The number of rotatable bonds is 11. The molecule has 170 valence electrons. The number of fused-ring (bicyclic) bond motifs is 1. The van der Waals surface area contributed by atoms with Gasteiger partial charge in [-0.15, -0.1) is 0 Å². The lowest BCUT2D eigenvalue weighted by atomic mass is 9.97. The van der Waals surface area contributed by atoms with Crippen LogP contribution in [0.3, 0.4) is 0 Å². The molecule has 2 aromatic heterocycles. The van der Waals surface area contributed by atoms with Gasteiger partial charge in [0.05, 0.1) is 24.2 Å². The number of nitro benzene ring substituents is 1. The Hall–Kier alpha value is -3.56. The first-order chi connectivity index (χ1) is 15.4. The monoisotopic (exact) mass is 440 g/mol. The third-order valence-electron chi connectivity index (χ3n) is 5.36. The highest BCUT2D eigenvalue weighted by Gasteiger charge is 2.16. The van der Waals surface area contributed by atoms with E-state index in [9.17, 15) is 19.7 Å². The molecule has 1 amide bonds. The van der Waals surface area contributed by atoms with Crippen LogP contribution in [0, 0.1) is 16.0 Å². The van der Waals surface area contributed by atoms with Gasteiger partial charge < -0.3 is 5.32 Å². The summed E-state index contributed by atoms with van der Waals surface area (Å²) in [5, 5.41) is 18.5. The number of amides is 1. The number of non-ortho nitro benzene ring substituents is 1. The molecule has 0 spiro atoms. The molecular formula is C22H28N6O4. The Bertz CT molecular complexity index is 1150. The van der Waals surface area contributed by atoms with Crippen LogP contribution in [-0.2, 0) is 17.9 Å². The third kappa shape index (κ3) is 5.37. The van der Waals surface area contributed by atoms with Gasteiger partial charge in [-0.25, -0.2) is 9.67 Å². The molecule has 3 rings (SSSR count). The van der Waals surface area contributed by atoms with Gasteiger partial charge in [-0.3, -0.25) is 24.3 Å². The lowest BCUT2D eigenvalue weighted by molar-refractivity contribution is -0.384. The van der Waals surface area contributed by atoms with Crippen molar-refractivity contribution in [1.82, 2.24) is 24.6 Å². The first-order valence-corrected chi connectivity index (χ1v) is 10.9. The molecule has 0 unspecified atom stereocenters. The molecule has 0 aliphatic rings. The highest BCUT2D eigenvalue weighted by atomic mass is 16.6. The third-order valence-corrected chi connectivity index (χ3v) is 5.36. The van der Waals surface area contributed by atoms with Gasteiger partial charge in [0, 0.05) is 24.6 Å². The minimum Gasteiger partial charge on any atom is -0.354 e. The average molecular weight is 441 g/mol. The molecule has 0 aliphatic heterocycles. The summed E-state index contributed by atoms with van der Waals surface area (Å²) in [6, 6.07) is 6.15. The van der Waals surface area contributed by atoms with Crippen molar-refractivity contribution in [2.45, 2.75) is 52.6 Å². The molecule has 0 fully saturated rings. The Morgan fingerprint density at radius 3 is 2.69 bits per heavy atom. The molecule has 0 atom stereocenters. The Morgan fingerprint density at radius 1 is 1.25 bits per heavy atom. The number of carbonyl (C=O) groups excluding carboxylic acids is 1. The van der Waals surface area contributed by atoms with Crippen LogP contribution in [0.2, 0.25) is 0 Å². The van der Waals surface area contributed by atoms with Gasteiger partial charge in [-0.2, -0.15) is 5.10 Å². The molecule has 0 radical (unpaired) electrons. The molecule has 1 aromatic carbocycles. The predicted octanol–water partition coefficient (Wildman–Crippen LogP) is 2.88. The second-order valence-corrected chi connectivity index (χ2v) is 7.77. The van der Waals surface area contributed by atoms with E-state index in [-0.39, 0.29) is 29.6 Å². The van der Waals surface area contributed by atoms with Crippen LogP contribution in [-0.4, -0.2) is 36.7 Å². The molecule has 32 heavy (non-hydrogen) atoms. The SMILES string of the molecule is CCCC(CCC)C(=O)NCCn1ncc2c(=O)n(Cc3cccc([N+](=O)[O-])c3)cnc21. The van der Waals surface area contributed by atoms with Gasteiger partial charge in [0.1, 0.15) is 11.7 Å². The number of benzene rings is 1. The van der Waals surface area contributed by atoms with E-state index in [2.05, 4.69) is 29.2 Å². The van der Waals surface area contributed by atoms with Crippen LogP contribution in [0.1, 0.15) is 45.1 Å². The van der Waals surface area contributed by atoms with E-state index in [0.29, 0.717) is 29.7 Å². The standard InChI is InChI=1S/C22H28N6O4/c1-3-6-17(7-4-2)21(29)23-10-11-27-20-19(13-25-27)22(30)26(15-24-20)14-16-8-5-9-18(12-16)28(31)32/h5,8-9,12-13,15,17H,3-4,6-7,10-11,14H2,1-2H3,(H,23,29). The van der Waals surface area contributed by atoms with Gasteiger partial charge in [0.25, 0.3) is 11.2 Å². The fourth-order valence-corrected chi connectivity index (χ4v) is 3.77. The molecule has 0 saturated carbocycles. The van der Waals surface area contributed by atoms with Crippen LogP contribution >= 0.6 is 0 Å². The average Bonchev–Trinajstić information content (AvgIpc) is 3.19. The lowest BCUT2D eigenvalue weighted by Crippen LogP contribution is -2.33. The van der Waals surface area contributed by atoms with Gasteiger partial charge in [0.15, 0.2) is 5.65 Å². The van der Waals surface area contributed by atoms with E-state index in [1.54, 1.807) is 16.8 Å². The highest BCUT2D eigenvalue weighted by Crippen LogP contribution is 2.15. The Labute approximate surface area is 185 Å². The second kappa shape index (κ2) is 10.7. The quantitative estimate of drug-likeness (QED) is 0.361. The van der Waals surface area contributed by atoms with Crippen LogP contribution in [0.4, 0.5) is 5.69 Å². The van der Waals surface area contributed by atoms with Gasteiger partial charge in [-0.1, -0.05) is 38.8 Å². The van der Waals surface area contributed by atoms with Gasteiger partial charge in [-0.05, 0) is 18.4 Å². The summed E-state index contributed by atoms with van der Waals surface area (Å²) in [5.74, 6) is 0.0796. The van der Waals surface area contributed by atoms with Crippen LogP contribution < -0.4 is 10.9 Å². The van der Waals surface area contributed by atoms with Crippen molar-refractivity contribution in [1.29, 1.82) is 0 Å². The number of nitro groups is 1. The molecular weight excluding hydrogens is 412 g/mol. The Balaban J connectivity index is 1.69. The summed E-state index contributed by atoms with van der Waals surface area (Å²) in [7, 11) is 0. The maximum absolute atomic E-state index is 12.8. The molecule has 0 saturated heterocycles. The number of hydrogen-bond donors (Lipinski definition) is 1. The van der Waals surface area contributed by atoms with Gasteiger partial charge >= 0.3 is 0 Å². The van der Waals surface area contributed by atoms with Crippen molar-refractivity contribution in [3.05, 3.63) is 62.8 Å².